The molecule has 0 unspecified atom stereocenters. The molecule has 4 aliphatic rings. The zero-order valence-electron chi connectivity index (χ0n) is 12.2. The second-order valence-corrected chi connectivity index (χ2v) is 7.87. The third-order valence-electron chi connectivity index (χ3n) is 5.97. The quantitative estimate of drug-likeness (QED) is 0.902. The summed E-state index contributed by atoms with van der Waals surface area (Å²) in [5.41, 5.74) is 0.963. The van der Waals surface area contributed by atoms with Crippen molar-refractivity contribution < 1.29 is 9.21 Å². The number of rotatable bonds is 4. The van der Waals surface area contributed by atoms with Gasteiger partial charge in [0.2, 0.25) is 5.22 Å². The lowest BCUT2D eigenvalue weighted by Crippen LogP contribution is -2.47. The van der Waals surface area contributed by atoms with Crippen molar-refractivity contribution in [3.63, 3.8) is 0 Å². The van der Waals surface area contributed by atoms with Crippen LogP contribution in [0.1, 0.15) is 55.3 Å². The van der Waals surface area contributed by atoms with Crippen molar-refractivity contribution in [2.24, 2.45) is 23.2 Å². The molecule has 1 aromatic rings. The van der Waals surface area contributed by atoms with Crippen LogP contribution in [0.3, 0.4) is 0 Å². The van der Waals surface area contributed by atoms with Crippen molar-refractivity contribution in [3.05, 3.63) is 23.1 Å². The van der Waals surface area contributed by atoms with E-state index in [1.807, 2.05) is 0 Å². The molecule has 1 N–H and O–H groups in total. The van der Waals surface area contributed by atoms with Gasteiger partial charge in [0.15, 0.2) is 0 Å². The van der Waals surface area contributed by atoms with Gasteiger partial charge in [-0.2, -0.15) is 0 Å². The number of hydrogen-bond acceptors (Lipinski definition) is 2. The smallest absolute Gasteiger partial charge is 0.256 e. The van der Waals surface area contributed by atoms with Gasteiger partial charge in [-0.3, -0.25) is 4.79 Å². The molecule has 0 spiro atoms. The topological polar surface area (TPSA) is 42.2 Å². The molecule has 21 heavy (non-hydrogen) atoms. The molecule has 0 aromatic carbocycles. The van der Waals surface area contributed by atoms with E-state index in [-0.39, 0.29) is 11.1 Å². The molecule has 4 aliphatic carbocycles. The number of halogens is 1. The Bertz CT molecular complexity index is 515. The van der Waals surface area contributed by atoms with Crippen LogP contribution in [0.2, 0.25) is 5.22 Å². The maximum Gasteiger partial charge on any atom is 0.256 e. The van der Waals surface area contributed by atoms with E-state index in [0.29, 0.717) is 11.0 Å². The number of nitrogens with one attached hydrogen (secondary N) is 1. The van der Waals surface area contributed by atoms with Gasteiger partial charge in [-0.25, -0.2) is 0 Å². The van der Waals surface area contributed by atoms with Crippen molar-refractivity contribution in [2.75, 3.05) is 6.54 Å². The van der Waals surface area contributed by atoms with Crippen LogP contribution in [-0.2, 0) is 0 Å². The zero-order valence-corrected chi connectivity index (χ0v) is 13.0. The molecule has 4 heteroatoms. The molecule has 4 saturated carbocycles. The fraction of sp³-hybridized carbons (Fsp3) is 0.706. The summed E-state index contributed by atoms with van der Waals surface area (Å²) in [6.45, 7) is 0.756. The first kappa shape index (κ1) is 13.7. The molecule has 0 saturated heterocycles. The van der Waals surface area contributed by atoms with Crippen molar-refractivity contribution in [2.45, 2.75) is 44.9 Å². The minimum absolute atomic E-state index is 0.113. The van der Waals surface area contributed by atoms with Crippen LogP contribution >= 0.6 is 11.6 Å². The third-order valence-corrected chi connectivity index (χ3v) is 6.26. The van der Waals surface area contributed by atoms with Gasteiger partial charge in [-0.05, 0) is 85.8 Å². The van der Waals surface area contributed by atoms with Gasteiger partial charge in [-0.15, -0.1) is 0 Å². The van der Waals surface area contributed by atoms with Gasteiger partial charge in [0.25, 0.3) is 5.91 Å². The van der Waals surface area contributed by atoms with Crippen LogP contribution in [0.4, 0.5) is 0 Å². The second kappa shape index (κ2) is 5.05. The predicted octanol–water partition coefficient (Wildman–Crippen LogP) is 4.27. The van der Waals surface area contributed by atoms with Crippen LogP contribution < -0.4 is 5.32 Å². The van der Waals surface area contributed by atoms with E-state index in [1.54, 1.807) is 6.07 Å². The van der Waals surface area contributed by atoms with Crippen LogP contribution in [0.15, 0.2) is 16.7 Å². The summed E-state index contributed by atoms with van der Waals surface area (Å²) in [4.78, 5) is 12.1. The van der Waals surface area contributed by atoms with E-state index in [1.165, 1.54) is 44.8 Å². The average molecular weight is 308 g/mol. The highest BCUT2D eigenvalue weighted by molar-refractivity contribution is 6.32. The highest BCUT2D eigenvalue weighted by atomic mass is 35.5. The van der Waals surface area contributed by atoms with E-state index < -0.39 is 0 Å². The summed E-state index contributed by atoms with van der Waals surface area (Å²) in [7, 11) is 0. The summed E-state index contributed by atoms with van der Waals surface area (Å²) >= 11 is 5.84. The van der Waals surface area contributed by atoms with E-state index in [4.69, 9.17) is 16.0 Å². The Balaban J connectivity index is 1.35. The van der Waals surface area contributed by atoms with Crippen LogP contribution in [0, 0.1) is 23.2 Å². The van der Waals surface area contributed by atoms with Crippen LogP contribution in [0.25, 0.3) is 0 Å². The summed E-state index contributed by atoms with van der Waals surface area (Å²) in [5.74, 6) is 2.79. The van der Waals surface area contributed by atoms with Crippen LogP contribution in [0.5, 0.6) is 0 Å². The maximum atomic E-state index is 12.1. The summed E-state index contributed by atoms with van der Waals surface area (Å²) in [5, 5.41) is 3.20. The highest BCUT2D eigenvalue weighted by Crippen LogP contribution is 2.61. The monoisotopic (exact) mass is 307 g/mol. The van der Waals surface area contributed by atoms with Gasteiger partial charge < -0.3 is 9.73 Å². The summed E-state index contributed by atoms with van der Waals surface area (Å²) in [6, 6.07) is 1.63. The molecule has 3 nitrogen and oxygen atoms in total. The summed E-state index contributed by atoms with van der Waals surface area (Å²) < 4.78 is 4.97. The minimum Gasteiger partial charge on any atom is -0.452 e. The Hall–Kier alpha value is -0.960. The number of carbonyl (C=O) groups excluding carboxylic acids is 1. The number of carbonyl (C=O) groups is 1. The summed E-state index contributed by atoms with van der Waals surface area (Å²) in [6.07, 6.45) is 11.2. The van der Waals surface area contributed by atoms with Crippen molar-refractivity contribution in [1.82, 2.24) is 5.32 Å². The molecule has 1 aromatic heterocycles. The highest BCUT2D eigenvalue weighted by Gasteiger charge is 2.50. The first-order valence-electron chi connectivity index (χ1n) is 8.15. The fourth-order valence-electron chi connectivity index (χ4n) is 5.59. The fourth-order valence-corrected chi connectivity index (χ4v) is 5.79. The minimum atomic E-state index is -0.113. The first-order chi connectivity index (χ1) is 10.1. The Morgan fingerprint density at radius 3 is 2.38 bits per heavy atom. The lowest BCUT2D eigenvalue weighted by Gasteiger charge is -2.57. The molecule has 0 atom stereocenters. The molecule has 5 rings (SSSR count). The van der Waals surface area contributed by atoms with Gasteiger partial charge in [0, 0.05) is 6.54 Å². The Morgan fingerprint density at radius 1 is 1.24 bits per heavy atom. The van der Waals surface area contributed by atoms with Gasteiger partial charge >= 0.3 is 0 Å². The molecule has 1 heterocycles. The molecular formula is C17H22ClNO2. The second-order valence-electron chi connectivity index (χ2n) is 7.53. The van der Waals surface area contributed by atoms with Gasteiger partial charge in [0.1, 0.15) is 0 Å². The number of hydrogen-bond donors (Lipinski definition) is 1. The molecule has 4 fully saturated rings. The Labute approximate surface area is 130 Å². The Morgan fingerprint density at radius 2 is 1.86 bits per heavy atom. The zero-order chi connectivity index (χ0) is 14.4. The maximum absolute atomic E-state index is 12.1. The van der Waals surface area contributed by atoms with Crippen molar-refractivity contribution in [3.8, 4) is 0 Å². The number of furan rings is 1. The SMILES string of the molecule is O=C(NCCC12CC3CC(CC(C3)C1)C2)c1ccoc1Cl. The van der Waals surface area contributed by atoms with Crippen LogP contribution in [-0.4, -0.2) is 12.5 Å². The third kappa shape index (κ3) is 2.50. The lowest BCUT2D eigenvalue weighted by molar-refractivity contribution is -0.0564. The van der Waals surface area contributed by atoms with Gasteiger partial charge in [-0.1, -0.05) is 0 Å². The first-order valence-corrected chi connectivity index (χ1v) is 8.52. The normalized spacial score (nSPS) is 36.9. The van der Waals surface area contributed by atoms with Crippen molar-refractivity contribution >= 4 is 17.5 Å². The van der Waals surface area contributed by atoms with E-state index >= 15 is 0 Å². The predicted molar refractivity (Wildman–Crippen MR) is 81.3 cm³/mol. The largest absolute Gasteiger partial charge is 0.452 e. The Kier molecular flexibility index (Phi) is 3.29. The molecule has 1 amide bonds. The average Bonchev–Trinajstić information content (AvgIpc) is 2.83. The van der Waals surface area contributed by atoms with E-state index in [0.717, 1.165) is 30.7 Å². The van der Waals surface area contributed by atoms with Gasteiger partial charge in [0.05, 0.1) is 11.8 Å². The molecule has 0 radical (unpaired) electrons. The molecule has 4 bridgehead atoms. The van der Waals surface area contributed by atoms with Crippen molar-refractivity contribution in [1.29, 1.82) is 0 Å². The number of amides is 1. The van der Waals surface area contributed by atoms with E-state index in [9.17, 15) is 4.79 Å². The standard InChI is InChI=1S/C17H22ClNO2/c18-15-14(1-4-21-15)16(20)19-3-2-17-8-11-5-12(9-17)7-13(6-11)10-17/h1,4,11-13H,2-3,5-10H2,(H,19,20). The molecular weight excluding hydrogens is 286 g/mol. The van der Waals surface area contributed by atoms with E-state index in [2.05, 4.69) is 5.32 Å². The molecule has 114 valence electrons. The lowest BCUT2D eigenvalue weighted by atomic mass is 9.49. The molecule has 0 aliphatic heterocycles.